The molecule has 0 aromatic rings. The number of fused-ring (bicyclic) bond motifs is 6. The highest BCUT2D eigenvalue weighted by molar-refractivity contribution is 5.25. The molecule has 0 amide bonds. The maximum absolute atomic E-state index is 6.82. The van der Waals surface area contributed by atoms with Crippen LogP contribution in [0.1, 0.15) is 126 Å². The highest BCUT2D eigenvalue weighted by Gasteiger charge is 2.76. The van der Waals surface area contributed by atoms with E-state index in [1.165, 1.54) is 70.6 Å². The van der Waals surface area contributed by atoms with Crippen LogP contribution in [0.5, 0.6) is 0 Å². The summed E-state index contributed by atoms with van der Waals surface area (Å²) in [5, 5.41) is 0. The lowest BCUT2D eigenvalue weighted by atomic mass is 9.30. The highest BCUT2D eigenvalue weighted by Crippen LogP contribution is 2.80. The van der Waals surface area contributed by atoms with Gasteiger partial charge in [0.2, 0.25) is 0 Å². The highest BCUT2D eigenvalue weighted by atomic mass is 16.5. The minimum Gasteiger partial charge on any atom is -0.370 e. The molecule has 7 rings (SSSR count). The van der Waals surface area contributed by atoms with E-state index in [1.54, 1.807) is 0 Å². The van der Waals surface area contributed by atoms with Crippen LogP contribution in [-0.2, 0) is 4.74 Å². The van der Waals surface area contributed by atoms with Crippen LogP contribution in [0.25, 0.3) is 0 Å². The first-order chi connectivity index (χ1) is 14.2. The van der Waals surface area contributed by atoms with Crippen molar-refractivity contribution in [3.8, 4) is 0 Å². The fraction of sp³-hybridized carbons (Fsp3) is 1.00. The van der Waals surface area contributed by atoms with Crippen molar-refractivity contribution >= 4 is 0 Å². The van der Waals surface area contributed by atoms with E-state index in [2.05, 4.69) is 55.4 Å². The van der Waals surface area contributed by atoms with Crippen molar-refractivity contribution in [1.29, 1.82) is 0 Å². The van der Waals surface area contributed by atoms with Crippen LogP contribution in [-0.4, -0.2) is 11.7 Å². The van der Waals surface area contributed by atoms with Crippen molar-refractivity contribution < 1.29 is 4.74 Å². The largest absolute Gasteiger partial charge is 0.370 e. The molecule has 0 N–H and O–H groups in total. The van der Waals surface area contributed by atoms with Crippen LogP contribution in [0.3, 0.4) is 0 Å². The van der Waals surface area contributed by atoms with Gasteiger partial charge < -0.3 is 4.74 Å². The van der Waals surface area contributed by atoms with Crippen LogP contribution in [0.15, 0.2) is 0 Å². The second-order valence-corrected chi connectivity index (χ2v) is 15.9. The van der Waals surface area contributed by atoms with E-state index in [0.717, 1.165) is 17.8 Å². The Kier molecular flexibility index (Phi) is 4.00. The Balaban J connectivity index is 1.40. The molecule has 2 bridgehead atoms. The smallest absolute Gasteiger partial charge is 0.0795 e. The fourth-order valence-electron chi connectivity index (χ4n) is 11.8. The standard InChI is InChI=1S/C30H50O/c1-24(2)13-14-26(5)15-17-28(7)20-11-12-30-21(9-10-23(31-30)25(30,3)4)27(20,6)16-18-29(28,8)22(26)19-24/h20-23H,9-19H2,1-8H3/t20-,21-,22-,23+,26+,27-,28-,29-,30-/m1/s1. The zero-order chi connectivity index (χ0) is 22.3. The fourth-order valence-corrected chi connectivity index (χ4v) is 11.8. The van der Waals surface area contributed by atoms with Crippen molar-refractivity contribution in [2.45, 2.75) is 138 Å². The Hall–Kier alpha value is -0.0400. The lowest BCUT2D eigenvalue weighted by Crippen LogP contribution is -2.78. The summed E-state index contributed by atoms with van der Waals surface area (Å²) in [5.41, 5.74) is 3.21. The van der Waals surface area contributed by atoms with Crippen molar-refractivity contribution in [2.75, 3.05) is 0 Å². The van der Waals surface area contributed by atoms with Gasteiger partial charge in [-0.1, -0.05) is 55.4 Å². The maximum Gasteiger partial charge on any atom is 0.0795 e. The van der Waals surface area contributed by atoms with Gasteiger partial charge in [-0.3, -0.25) is 0 Å². The van der Waals surface area contributed by atoms with Gasteiger partial charge in [-0.25, -0.2) is 0 Å². The second kappa shape index (κ2) is 5.78. The molecule has 1 spiro atoms. The van der Waals surface area contributed by atoms with Gasteiger partial charge in [0, 0.05) is 5.41 Å². The van der Waals surface area contributed by atoms with Crippen molar-refractivity contribution in [1.82, 2.24) is 0 Å². The zero-order valence-corrected chi connectivity index (χ0v) is 22.0. The molecule has 7 aliphatic rings. The summed E-state index contributed by atoms with van der Waals surface area (Å²) in [5.74, 6) is 2.59. The van der Waals surface area contributed by atoms with E-state index in [-0.39, 0.29) is 5.60 Å². The first-order valence-electron chi connectivity index (χ1n) is 13.9. The number of ether oxygens (including phenoxy) is 1. The minimum atomic E-state index is 0.196. The molecular formula is C30H50O. The van der Waals surface area contributed by atoms with Gasteiger partial charge in [-0.15, -0.1) is 0 Å². The van der Waals surface area contributed by atoms with E-state index < -0.39 is 0 Å². The first kappa shape index (κ1) is 21.5. The molecule has 0 radical (unpaired) electrons. The number of hydrogen-bond donors (Lipinski definition) is 0. The van der Waals surface area contributed by atoms with E-state index in [0.29, 0.717) is 38.6 Å². The summed E-state index contributed by atoms with van der Waals surface area (Å²) < 4.78 is 6.82. The summed E-state index contributed by atoms with van der Waals surface area (Å²) in [4.78, 5) is 0. The molecule has 0 unspecified atom stereocenters. The SMILES string of the molecule is CC1(C)CC[C@@]2(C)CC[C@]3(C)[C@@H]4CC[C@@]56O[C@@H](CC[C@@H]5[C@]4(C)CC[C@]3(C)[C@@H]2C1)C6(C)C. The summed E-state index contributed by atoms with van der Waals surface area (Å²) in [7, 11) is 0. The van der Waals surface area contributed by atoms with Gasteiger partial charge in [0.25, 0.3) is 0 Å². The Morgan fingerprint density at radius 3 is 1.94 bits per heavy atom. The van der Waals surface area contributed by atoms with Gasteiger partial charge in [0.05, 0.1) is 11.7 Å². The molecule has 2 saturated heterocycles. The lowest BCUT2D eigenvalue weighted by Gasteiger charge is -2.79. The molecule has 2 aliphatic heterocycles. The molecule has 31 heavy (non-hydrogen) atoms. The van der Waals surface area contributed by atoms with Crippen molar-refractivity contribution in [3.05, 3.63) is 0 Å². The van der Waals surface area contributed by atoms with E-state index in [1.807, 2.05) is 0 Å². The summed E-state index contributed by atoms with van der Waals surface area (Å²) in [6, 6.07) is 0. The molecule has 9 atom stereocenters. The molecule has 1 heteroatoms. The van der Waals surface area contributed by atoms with Crippen LogP contribution >= 0.6 is 0 Å². The molecule has 5 aliphatic carbocycles. The molecule has 0 aromatic carbocycles. The van der Waals surface area contributed by atoms with Gasteiger partial charge in [0.1, 0.15) is 0 Å². The molecule has 2 heterocycles. The third-order valence-corrected chi connectivity index (χ3v) is 14.1. The molecular weight excluding hydrogens is 376 g/mol. The predicted octanol–water partition coefficient (Wildman–Crippen LogP) is 8.41. The van der Waals surface area contributed by atoms with Crippen molar-refractivity contribution in [2.24, 2.45) is 50.2 Å². The van der Waals surface area contributed by atoms with Gasteiger partial charge in [-0.2, -0.15) is 0 Å². The normalized spacial score (nSPS) is 61.2. The van der Waals surface area contributed by atoms with Gasteiger partial charge >= 0.3 is 0 Å². The average Bonchev–Trinajstić information content (AvgIpc) is 2.71. The summed E-state index contributed by atoms with van der Waals surface area (Å²) in [6.07, 6.45) is 16.3. The number of hydrogen-bond acceptors (Lipinski definition) is 1. The van der Waals surface area contributed by atoms with Crippen LogP contribution in [0, 0.1) is 50.2 Å². The number of rotatable bonds is 0. The second-order valence-electron chi connectivity index (χ2n) is 15.9. The third kappa shape index (κ3) is 2.25. The Labute approximate surface area is 192 Å². The monoisotopic (exact) mass is 426 g/mol. The van der Waals surface area contributed by atoms with Gasteiger partial charge in [0.15, 0.2) is 0 Å². The van der Waals surface area contributed by atoms with Crippen molar-refractivity contribution in [3.63, 3.8) is 0 Å². The van der Waals surface area contributed by atoms with Crippen LogP contribution in [0.2, 0.25) is 0 Å². The van der Waals surface area contributed by atoms with E-state index >= 15 is 0 Å². The van der Waals surface area contributed by atoms with Crippen LogP contribution < -0.4 is 0 Å². The minimum absolute atomic E-state index is 0.196. The Morgan fingerprint density at radius 2 is 1.23 bits per heavy atom. The Bertz CT molecular complexity index is 796. The average molecular weight is 427 g/mol. The Morgan fingerprint density at radius 1 is 0.581 bits per heavy atom. The predicted molar refractivity (Wildman–Crippen MR) is 129 cm³/mol. The van der Waals surface area contributed by atoms with Crippen LogP contribution in [0.4, 0.5) is 0 Å². The quantitative estimate of drug-likeness (QED) is 0.378. The van der Waals surface area contributed by atoms with Gasteiger partial charge in [-0.05, 0) is 115 Å². The molecule has 176 valence electrons. The lowest BCUT2D eigenvalue weighted by molar-refractivity contribution is -0.399. The van der Waals surface area contributed by atoms with E-state index in [9.17, 15) is 0 Å². The topological polar surface area (TPSA) is 9.23 Å². The molecule has 0 aromatic heterocycles. The molecule has 7 fully saturated rings. The zero-order valence-electron chi connectivity index (χ0n) is 22.0. The molecule has 5 saturated carbocycles. The van der Waals surface area contributed by atoms with E-state index in [4.69, 9.17) is 4.74 Å². The molecule has 1 nitrogen and oxygen atoms in total. The summed E-state index contributed by atoms with van der Waals surface area (Å²) in [6.45, 7) is 21.2. The first-order valence-corrected chi connectivity index (χ1v) is 13.9. The summed E-state index contributed by atoms with van der Waals surface area (Å²) >= 11 is 0. The maximum atomic E-state index is 6.82. The third-order valence-electron chi connectivity index (χ3n) is 14.1.